The van der Waals surface area contributed by atoms with Crippen LogP contribution in [0.3, 0.4) is 0 Å². The second kappa shape index (κ2) is 7.55. The molecule has 0 bridgehead atoms. The SMILES string of the molecule is COc1cc(OC)c(C(N)CC2CCCCC2)c(OC)c1. The maximum atomic E-state index is 6.47. The van der Waals surface area contributed by atoms with Crippen LogP contribution in [0, 0.1) is 5.92 Å². The number of hydrogen-bond donors (Lipinski definition) is 1. The van der Waals surface area contributed by atoms with Crippen molar-refractivity contribution >= 4 is 0 Å². The second-order valence-electron chi connectivity index (χ2n) is 5.79. The third kappa shape index (κ3) is 3.82. The first-order valence-electron chi connectivity index (χ1n) is 7.75. The van der Waals surface area contributed by atoms with Gasteiger partial charge in [0.25, 0.3) is 0 Å². The normalized spacial score (nSPS) is 17.3. The molecule has 1 fully saturated rings. The van der Waals surface area contributed by atoms with E-state index in [0.29, 0.717) is 5.92 Å². The molecule has 0 spiro atoms. The lowest BCUT2D eigenvalue weighted by molar-refractivity contribution is 0.309. The fourth-order valence-electron chi connectivity index (χ4n) is 3.30. The fourth-order valence-corrected chi connectivity index (χ4v) is 3.30. The molecule has 1 aliphatic carbocycles. The number of ether oxygens (including phenoxy) is 3. The van der Waals surface area contributed by atoms with Gasteiger partial charge in [-0.05, 0) is 12.3 Å². The van der Waals surface area contributed by atoms with Gasteiger partial charge in [0.15, 0.2) is 0 Å². The van der Waals surface area contributed by atoms with E-state index in [9.17, 15) is 0 Å². The molecule has 118 valence electrons. The molecule has 0 saturated heterocycles. The van der Waals surface area contributed by atoms with Gasteiger partial charge < -0.3 is 19.9 Å². The Morgan fingerprint density at radius 1 is 1.00 bits per heavy atom. The average Bonchev–Trinajstić information content (AvgIpc) is 2.54. The van der Waals surface area contributed by atoms with Gasteiger partial charge in [-0.25, -0.2) is 0 Å². The van der Waals surface area contributed by atoms with E-state index in [0.717, 1.165) is 29.2 Å². The summed E-state index contributed by atoms with van der Waals surface area (Å²) in [5, 5.41) is 0. The molecule has 1 aromatic carbocycles. The highest BCUT2D eigenvalue weighted by Gasteiger charge is 2.23. The zero-order chi connectivity index (χ0) is 15.2. The van der Waals surface area contributed by atoms with Crippen LogP contribution < -0.4 is 19.9 Å². The summed E-state index contributed by atoms with van der Waals surface area (Å²) < 4.78 is 16.3. The molecule has 0 amide bonds. The Morgan fingerprint density at radius 3 is 2.05 bits per heavy atom. The highest BCUT2D eigenvalue weighted by atomic mass is 16.5. The van der Waals surface area contributed by atoms with Gasteiger partial charge in [0, 0.05) is 18.2 Å². The number of methoxy groups -OCH3 is 3. The van der Waals surface area contributed by atoms with Gasteiger partial charge in [-0.2, -0.15) is 0 Å². The van der Waals surface area contributed by atoms with E-state index in [4.69, 9.17) is 19.9 Å². The average molecular weight is 293 g/mol. The fraction of sp³-hybridized carbons (Fsp3) is 0.647. The van der Waals surface area contributed by atoms with Gasteiger partial charge in [0.05, 0.1) is 26.9 Å². The standard InChI is InChI=1S/C17H27NO3/c1-19-13-10-15(20-2)17(16(11-13)21-3)14(18)9-12-7-5-4-6-8-12/h10-12,14H,4-9,18H2,1-3H3. The molecule has 21 heavy (non-hydrogen) atoms. The first-order valence-corrected chi connectivity index (χ1v) is 7.75. The summed E-state index contributed by atoms with van der Waals surface area (Å²) in [5.41, 5.74) is 7.42. The Bertz CT molecular complexity index is 430. The summed E-state index contributed by atoms with van der Waals surface area (Å²) in [7, 11) is 4.95. The van der Waals surface area contributed by atoms with Crippen molar-refractivity contribution in [2.45, 2.75) is 44.6 Å². The molecule has 1 saturated carbocycles. The molecule has 1 aromatic rings. The third-order valence-electron chi connectivity index (χ3n) is 4.44. The topological polar surface area (TPSA) is 53.7 Å². The summed E-state index contributed by atoms with van der Waals surface area (Å²) in [5.74, 6) is 2.92. The van der Waals surface area contributed by atoms with Crippen molar-refractivity contribution in [3.8, 4) is 17.2 Å². The number of benzene rings is 1. The van der Waals surface area contributed by atoms with Crippen molar-refractivity contribution in [1.82, 2.24) is 0 Å². The van der Waals surface area contributed by atoms with Gasteiger partial charge in [-0.15, -0.1) is 0 Å². The maximum absolute atomic E-state index is 6.47. The van der Waals surface area contributed by atoms with E-state index in [1.807, 2.05) is 12.1 Å². The Labute approximate surface area is 127 Å². The van der Waals surface area contributed by atoms with Crippen LogP contribution in [0.5, 0.6) is 17.2 Å². The zero-order valence-electron chi connectivity index (χ0n) is 13.4. The molecule has 0 aromatic heterocycles. The number of nitrogens with two attached hydrogens (primary N) is 1. The molecule has 2 rings (SSSR count). The van der Waals surface area contributed by atoms with E-state index >= 15 is 0 Å². The summed E-state index contributed by atoms with van der Waals surface area (Å²) in [6.45, 7) is 0. The number of hydrogen-bond acceptors (Lipinski definition) is 4. The molecular formula is C17H27NO3. The minimum absolute atomic E-state index is 0.0658. The summed E-state index contributed by atoms with van der Waals surface area (Å²) in [6.07, 6.45) is 7.57. The van der Waals surface area contributed by atoms with Crippen molar-refractivity contribution in [2.75, 3.05) is 21.3 Å². The monoisotopic (exact) mass is 293 g/mol. The van der Waals surface area contributed by atoms with E-state index in [-0.39, 0.29) is 6.04 Å². The van der Waals surface area contributed by atoms with Crippen LogP contribution in [-0.2, 0) is 0 Å². The van der Waals surface area contributed by atoms with Crippen LogP contribution in [-0.4, -0.2) is 21.3 Å². The summed E-state index contributed by atoms with van der Waals surface area (Å²) >= 11 is 0. The van der Waals surface area contributed by atoms with E-state index in [1.165, 1.54) is 32.1 Å². The third-order valence-corrected chi connectivity index (χ3v) is 4.44. The lowest BCUT2D eigenvalue weighted by Gasteiger charge is -2.26. The molecule has 4 nitrogen and oxygen atoms in total. The van der Waals surface area contributed by atoms with Crippen molar-refractivity contribution < 1.29 is 14.2 Å². The Kier molecular flexibility index (Phi) is 5.74. The predicted molar refractivity (Wildman–Crippen MR) is 84.2 cm³/mol. The second-order valence-corrected chi connectivity index (χ2v) is 5.79. The highest BCUT2D eigenvalue weighted by molar-refractivity contribution is 5.52. The Balaban J connectivity index is 2.23. The van der Waals surface area contributed by atoms with Gasteiger partial charge in [0.2, 0.25) is 0 Å². The lowest BCUT2D eigenvalue weighted by Crippen LogP contribution is -2.19. The highest BCUT2D eigenvalue weighted by Crippen LogP contribution is 2.41. The van der Waals surface area contributed by atoms with Crippen LogP contribution in [0.25, 0.3) is 0 Å². The Morgan fingerprint density at radius 2 is 1.57 bits per heavy atom. The van der Waals surface area contributed by atoms with E-state index < -0.39 is 0 Å². The predicted octanol–water partition coefficient (Wildman–Crippen LogP) is 3.68. The summed E-state index contributed by atoms with van der Waals surface area (Å²) in [6, 6.07) is 3.68. The molecule has 1 aliphatic rings. The molecule has 0 radical (unpaired) electrons. The van der Waals surface area contributed by atoms with Crippen LogP contribution in [0.2, 0.25) is 0 Å². The largest absolute Gasteiger partial charge is 0.496 e. The van der Waals surface area contributed by atoms with Gasteiger partial charge in [-0.1, -0.05) is 32.1 Å². The van der Waals surface area contributed by atoms with Gasteiger partial charge >= 0.3 is 0 Å². The maximum Gasteiger partial charge on any atom is 0.131 e. The quantitative estimate of drug-likeness (QED) is 0.869. The molecule has 1 unspecified atom stereocenters. The van der Waals surface area contributed by atoms with Crippen LogP contribution in [0.15, 0.2) is 12.1 Å². The van der Waals surface area contributed by atoms with Crippen molar-refractivity contribution in [2.24, 2.45) is 11.7 Å². The minimum Gasteiger partial charge on any atom is -0.496 e. The van der Waals surface area contributed by atoms with Gasteiger partial charge in [0.1, 0.15) is 17.2 Å². The molecule has 2 N–H and O–H groups in total. The molecule has 0 heterocycles. The van der Waals surface area contributed by atoms with E-state index in [1.54, 1.807) is 21.3 Å². The molecular weight excluding hydrogens is 266 g/mol. The summed E-state index contributed by atoms with van der Waals surface area (Å²) in [4.78, 5) is 0. The van der Waals surface area contributed by atoms with Gasteiger partial charge in [-0.3, -0.25) is 0 Å². The zero-order valence-corrected chi connectivity index (χ0v) is 13.4. The smallest absolute Gasteiger partial charge is 0.131 e. The van der Waals surface area contributed by atoms with Crippen LogP contribution >= 0.6 is 0 Å². The molecule has 4 heteroatoms. The first-order chi connectivity index (χ1) is 10.2. The first kappa shape index (κ1) is 16.0. The van der Waals surface area contributed by atoms with E-state index in [2.05, 4.69) is 0 Å². The van der Waals surface area contributed by atoms with Crippen LogP contribution in [0.4, 0.5) is 0 Å². The Hall–Kier alpha value is -1.42. The van der Waals surface area contributed by atoms with Crippen LogP contribution in [0.1, 0.15) is 50.1 Å². The van der Waals surface area contributed by atoms with Crippen molar-refractivity contribution in [1.29, 1.82) is 0 Å². The van der Waals surface area contributed by atoms with Crippen molar-refractivity contribution in [3.63, 3.8) is 0 Å². The molecule has 0 aliphatic heterocycles. The lowest BCUT2D eigenvalue weighted by atomic mass is 9.83. The molecule has 1 atom stereocenters. The van der Waals surface area contributed by atoms with Crippen molar-refractivity contribution in [3.05, 3.63) is 17.7 Å². The minimum atomic E-state index is -0.0658. The number of rotatable bonds is 6.